The van der Waals surface area contributed by atoms with Gasteiger partial charge in [0.25, 0.3) is 0 Å². The number of nitrogens with two attached hydrogens (primary N) is 1. The number of hydrogen-bond acceptors (Lipinski definition) is 2. The van der Waals surface area contributed by atoms with Gasteiger partial charge < -0.3 is 0 Å². The van der Waals surface area contributed by atoms with Gasteiger partial charge in [0.15, 0.2) is 0 Å². The second kappa shape index (κ2) is 8.07. The molecule has 4 heteroatoms. The minimum absolute atomic E-state index is 0.585. The Morgan fingerprint density at radius 3 is 2.72 bits per heavy atom. The number of aromatic nitrogens is 1. The van der Waals surface area contributed by atoms with E-state index in [0.717, 1.165) is 0 Å². The maximum absolute atomic E-state index is 6.97. The van der Waals surface area contributed by atoms with Crippen LogP contribution in [0.3, 0.4) is 0 Å². The summed E-state index contributed by atoms with van der Waals surface area (Å²) in [6, 6.07) is 9.27. The van der Waals surface area contributed by atoms with E-state index in [1.165, 1.54) is 54.1 Å². The Balaban J connectivity index is 2.04. The average Bonchev–Trinajstić information content (AvgIpc) is 2.61. The first kappa shape index (κ1) is 18.7. The predicted octanol–water partition coefficient (Wildman–Crippen LogP) is 4.31. The third kappa shape index (κ3) is 4.19. The van der Waals surface area contributed by atoms with E-state index in [-0.39, 0.29) is 0 Å². The van der Waals surface area contributed by atoms with E-state index in [1.807, 2.05) is 12.2 Å². The van der Waals surface area contributed by atoms with E-state index < -0.39 is 21.1 Å². The first-order valence-corrected chi connectivity index (χ1v) is 16.4. The van der Waals surface area contributed by atoms with Gasteiger partial charge in [-0.1, -0.05) is 0 Å². The van der Waals surface area contributed by atoms with E-state index in [9.17, 15) is 0 Å². The molecule has 1 unspecified atom stereocenters. The van der Waals surface area contributed by atoms with E-state index in [2.05, 4.69) is 60.4 Å². The SMILES string of the molecule is C=C/C=C\c1ccc2ccc[n+]([At](C)(N)NC3CCCCC3)c2c1C. The first-order valence-electron chi connectivity index (χ1n) is 9.02. The van der Waals surface area contributed by atoms with Crippen LogP contribution in [0.2, 0.25) is 4.63 Å². The normalized spacial score (nSPS) is 19.8. The summed E-state index contributed by atoms with van der Waals surface area (Å²) in [7, 11) is 0. The fourth-order valence-corrected chi connectivity index (χ4v) is 10.8. The molecule has 25 heavy (non-hydrogen) atoms. The molecule has 2 aromatic rings. The van der Waals surface area contributed by atoms with Crippen molar-refractivity contribution in [2.24, 2.45) is 3.68 Å². The second-order valence-electron chi connectivity index (χ2n) is 6.94. The number of aryl methyl sites for hydroxylation is 1. The number of pyridine rings is 1. The van der Waals surface area contributed by atoms with Gasteiger partial charge >= 0.3 is 158 Å². The molecule has 135 valence electrons. The zero-order valence-corrected chi connectivity index (χ0v) is 18.3. The number of nitrogens with zero attached hydrogens (tertiary/aromatic N) is 1. The average molecular weight is 534 g/mol. The van der Waals surface area contributed by atoms with Gasteiger partial charge in [0.1, 0.15) is 0 Å². The van der Waals surface area contributed by atoms with Crippen molar-refractivity contribution >= 4 is 17.0 Å². The summed E-state index contributed by atoms with van der Waals surface area (Å²) in [5, 5.41) is 1.26. The summed E-state index contributed by atoms with van der Waals surface area (Å²) in [5.41, 5.74) is 3.78. The summed E-state index contributed by atoms with van der Waals surface area (Å²) < 4.78 is 15.5. The van der Waals surface area contributed by atoms with Crippen LogP contribution in [0.1, 0.15) is 43.2 Å². The zero-order valence-electron chi connectivity index (χ0n) is 15.3. The summed E-state index contributed by atoms with van der Waals surface area (Å²) >= 11 is -3.05. The second-order valence-corrected chi connectivity index (χ2v) is 16.0. The molecular weight excluding hydrogens is 504 g/mol. The van der Waals surface area contributed by atoms with Crippen molar-refractivity contribution in [2.45, 2.75) is 49.7 Å². The number of benzene rings is 1. The molecule has 0 aliphatic heterocycles. The van der Waals surface area contributed by atoms with Crippen molar-refractivity contribution < 1.29 is 23.6 Å². The minimum atomic E-state index is -3.05. The van der Waals surface area contributed by atoms with Crippen LogP contribution in [0.25, 0.3) is 17.0 Å². The van der Waals surface area contributed by atoms with E-state index in [4.69, 9.17) is 3.68 Å². The molecule has 1 fully saturated rings. The Kier molecular flexibility index (Phi) is 6.04. The summed E-state index contributed by atoms with van der Waals surface area (Å²) in [6.45, 7) is 5.97. The van der Waals surface area contributed by atoms with Crippen LogP contribution >= 0.6 is 0 Å². The van der Waals surface area contributed by atoms with Crippen molar-refractivity contribution in [2.75, 3.05) is 0 Å². The van der Waals surface area contributed by atoms with Gasteiger partial charge in [-0.05, 0) is 0 Å². The summed E-state index contributed by atoms with van der Waals surface area (Å²) in [6.07, 6.45) is 14.7. The predicted molar refractivity (Wildman–Crippen MR) is 104 cm³/mol. The number of nitrogens with one attached hydrogen (secondary N) is 1. The molecule has 1 radical (unpaired) electrons. The third-order valence-corrected chi connectivity index (χ3v) is 11.9. The summed E-state index contributed by atoms with van der Waals surface area (Å²) in [5.74, 6) is 0. The number of rotatable bonds is 5. The van der Waals surface area contributed by atoms with Crippen molar-refractivity contribution in [1.29, 1.82) is 0 Å². The molecular formula is C21H30AtN3+. The van der Waals surface area contributed by atoms with E-state index >= 15 is 0 Å². The van der Waals surface area contributed by atoms with Gasteiger partial charge in [-0.15, -0.1) is 0 Å². The molecule has 1 saturated carbocycles. The van der Waals surface area contributed by atoms with Crippen LogP contribution in [0.4, 0.5) is 0 Å². The van der Waals surface area contributed by atoms with Crippen LogP contribution in [0, 0.1) is 28.1 Å². The van der Waals surface area contributed by atoms with Crippen molar-refractivity contribution in [1.82, 2.24) is 3.26 Å². The molecule has 1 aromatic carbocycles. The van der Waals surface area contributed by atoms with E-state index in [0.29, 0.717) is 6.04 Å². The molecule has 1 aliphatic carbocycles. The van der Waals surface area contributed by atoms with E-state index in [1.54, 1.807) is 0 Å². The van der Waals surface area contributed by atoms with Gasteiger partial charge in [-0.2, -0.15) is 0 Å². The molecule has 0 saturated heterocycles. The van der Waals surface area contributed by atoms with Crippen LogP contribution in [0.5, 0.6) is 0 Å². The zero-order chi connectivity index (χ0) is 17.9. The summed E-state index contributed by atoms with van der Waals surface area (Å²) in [4.78, 5) is 0. The molecule has 0 spiro atoms. The first-order chi connectivity index (χ1) is 12.0. The topological polar surface area (TPSA) is 41.9 Å². The molecule has 1 heterocycles. The van der Waals surface area contributed by atoms with Gasteiger partial charge in [0.05, 0.1) is 0 Å². The monoisotopic (exact) mass is 534 g/mol. The van der Waals surface area contributed by atoms with Crippen LogP contribution in [-0.2, 0) is 0 Å². The molecule has 1 atom stereocenters. The molecule has 3 nitrogen and oxygen atoms in total. The van der Waals surface area contributed by atoms with Crippen LogP contribution in [-0.4, -0.2) is 6.04 Å². The van der Waals surface area contributed by atoms with Crippen LogP contribution < -0.4 is 9.45 Å². The molecule has 0 bridgehead atoms. The Morgan fingerprint density at radius 1 is 1.24 bits per heavy atom. The third-order valence-electron chi connectivity index (χ3n) is 4.98. The van der Waals surface area contributed by atoms with Crippen LogP contribution in [0.15, 0.2) is 49.2 Å². The molecule has 1 aliphatic rings. The maximum atomic E-state index is 6.97. The molecule has 1 aromatic heterocycles. The molecule has 3 rings (SSSR count). The van der Waals surface area contributed by atoms with Crippen molar-refractivity contribution in [3.05, 3.63) is 60.3 Å². The van der Waals surface area contributed by atoms with Crippen molar-refractivity contribution in [3.63, 3.8) is 0 Å². The fraction of sp³-hybridized carbons (Fsp3) is 0.381. The molecule has 3 N–H and O–H groups in total. The Bertz CT molecular complexity index is 789. The van der Waals surface area contributed by atoms with Gasteiger partial charge in [0, 0.05) is 0 Å². The molecule has 0 amide bonds. The Morgan fingerprint density at radius 2 is 2.00 bits per heavy atom. The fourth-order valence-electron chi connectivity index (χ4n) is 3.67. The number of fused-ring (bicyclic) bond motifs is 1. The van der Waals surface area contributed by atoms with Crippen molar-refractivity contribution in [3.8, 4) is 0 Å². The Labute approximate surface area is 157 Å². The quantitative estimate of drug-likeness (QED) is 0.562. The number of hydrogen-bond donors (Lipinski definition) is 2. The van der Waals surface area contributed by atoms with Gasteiger partial charge in [-0.25, -0.2) is 0 Å². The van der Waals surface area contributed by atoms with Gasteiger partial charge in [-0.3, -0.25) is 0 Å². The number of allylic oxidation sites excluding steroid dienone is 2. The van der Waals surface area contributed by atoms with Gasteiger partial charge in [0.2, 0.25) is 0 Å². The Hall–Kier alpha value is -1.09. The standard InChI is InChI=1S/C21H30AtN3/c1-4-5-10-18-14-15-19-11-9-16-25(21(19)17(18)2)22(3,23)24-20-12-7-6-8-13-20/h4-5,9-11,14-16,20,24H,1,6-8,12-13,23H2,2-3H3/q+1/b10-5-.